The number of benzene rings is 3. The quantitative estimate of drug-likeness (QED) is 0.393. The van der Waals surface area contributed by atoms with Gasteiger partial charge in [-0.3, -0.25) is 4.72 Å². The van der Waals surface area contributed by atoms with Crippen LogP contribution >= 0.6 is 0 Å². The minimum absolute atomic E-state index is 0.0969. The average Bonchev–Trinajstić information content (AvgIpc) is 3.56. The van der Waals surface area contributed by atoms with E-state index in [-0.39, 0.29) is 16.2 Å². The highest BCUT2D eigenvalue weighted by molar-refractivity contribution is 7.92. The third kappa shape index (κ3) is 4.45. The molecule has 8 nitrogen and oxygen atoms in total. The van der Waals surface area contributed by atoms with Crippen LogP contribution in [0.4, 0.5) is 5.69 Å². The molecule has 1 aliphatic heterocycles. The van der Waals surface area contributed by atoms with E-state index in [0.29, 0.717) is 22.7 Å². The predicted octanol–water partition coefficient (Wildman–Crippen LogP) is 4.62. The number of para-hydroxylation sites is 1. The van der Waals surface area contributed by atoms with Gasteiger partial charge in [0.2, 0.25) is 0 Å². The SMILES string of the molecule is O=S(=O)(Nc1ccccc1C1=NN(S(=O)(=O)c2ccccc2)[C@@H](c2ccco2)C1)c1ccccc1. The van der Waals surface area contributed by atoms with Crippen molar-refractivity contribution in [1.82, 2.24) is 4.41 Å². The number of hydrogen-bond acceptors (Lipinski definition) is 6. The lowest BCUT2D eigenvalue weighted by Crippen LogP contribution is -2.27. The number of hydrazone groups is 1. The van der Waals surface area contributed by atoms with Crippen molar-refractivity contribution >= 4 is 31.4 Å². The van der Waals surface area contributed by atoms with Gasteiger partial charge in [0.25, 0.3) is 20.0 Å². The molecule has 0 saturated carbocycles. The van der Waals surface area contributed by atoms with E-state index < -0.39 is 26.1 Å². The lowest BCUT2D eigenvalue weighted by Gasteiger charge is -2.21. The third-order valence-electron chi connectivity index (χ3n) is 5.57. The Hall–Kier alpha value is -3.89. The van der Waals surface area contributed by atoms with Gasteiger partial charge >= 0.3 is 0 Å². The molecule has 4 aromatic rings. The number of hydrogen-bond donors (Lipinski definition) is 1. The largest absolute Gasteiger partial charge is 0.467 e. The van der Waals surface area contributed by atoms with Crippen LogP contribution in [0, 0.1) is 0 Å². The first kappa shape index (κ1) is 22.9. The summed E-state index contributed by atoms with van der Waals surface area (Å²) in [7, 11) is -7.86. The average molecular weight is 508 g/mol. The zero-order chi connectivity index (χ0) is 24.5. The summed E-state index contributed by atoms with van der Waals surface area (Å²) in [6, 6.07) is 25.5. The van der Waals surface area contributed by atoms with E-state index in [1.165, 1.54) is 30.5 Å². The van der Waals surface area contributed by atoms with Gasteiger partial charge in [-0.2, -0.15) is 17.9 Å². The van der Waals surface area contributed by atoms with Crippen molar-refractivity contribution in [1.29, 1.82) is 0 Å². The smallest absolute Gasteiger partial charge is 0.279 e. The zero-order valence-corrected chi connectivity index (χ0v) is 20.0. The van der Waals surface area contributed by atoms with Crippen molar-refractivity contribution < 1.29 is 21.3 Å². The second-order valence-corrected chi connectivity index (χ2v) is 11.3. The minimum Gasteiger partial charge on any atom is -0.467 e. The first-order valence-electron chi connectivity index (χ1n) is 10.7. The molecule has 1 N–H and O–H groups in total. The molecule has 1 atom stereocenters. The molecule has 3 aromatic carbocycles. The molecule has 0 aliphatic carbocycles. The van der Waals surface area contributed by atoms with Gasteiger partial charge < -0.3 is 4.42 Å². The van der Waals surface area contributed by atoms with Crippen molar-refractivity contribution in [3.8, 4) is 0 Å². The summed E-state index contributed by atoms with van der Waals surface area (Å²) in [5.41, 5.74) is 1.19. The fourth-order valence-electron chi connectivity index (χ4n) is 3.89. The van der Waals surface area contributed by atoms with Crippen LogP contribution in [0.2, 0.25) is 0 Å². The van der Waals surface area contributed by atoms with Gasteiger partial charge in [-0.05, 0) is 42.5 Å². The molecule has 0 bridgehead atoms. The maximum absolute atomic E-state index is 13.5. The number of nitrogens with zero attached hydrogens (tertiary/aromatic N) is 2. The van der Waals surface area contributed by atoms with Crippen LogP contribution in [0.1, 0.15) is 23.8 Å². The lowest BCUT2D eigenvalue weighted by atomic mass is 10.0. The number of rotatable bonds is 7. The number of nitrogens with one attached hydrogen (secondary N) is 1. The summed E-state index contributed by atoms with van der Waals surface area (Å²) >= 11 is 0. The summed E-state index contributed by atoms with van der Waals surface area (Å²) in [6.45, 7) is 0. The molecule has 0 spiro atoms. The van der Waals surface area contributed by atoms with Crippen LogP contribution < -0.4 is 4.72 Å². The molecule has 2 heterocycles. The Morgan fingerprint density at radius 1 is 0.771 bits per heavy atom. The molecule has 0 radical (unpaired) electrons. The minimum atomic E-state index is -4.00. The van der Waals surface area contributed by atoms with Crippen molar-refractivity contribution in [2.24, 2.45) is 5.10 Å². The van der Waals surface area contributed by atoms with Gasteiger partial charge in [0.1, 0.15) is 11.8 Å². The molecular weight excluding hydrogens is 486 g/mol. The second-order valence-electron chi connectivity index (χ2n) is 7.84. The third-order valence-corrected chi connectivity index (χ3v) is 8.65. The molecule has 0 amide bonds. The van der Waals surface area contributed by atoms with Crippen molar-refractivity contribution in [2.45, 2.75) is 22.3 Å². The normalized spacial score (nSPS) is 16.2. The molecule has 178 valence electrons. The summed E-state index contributed by atoms with van der Waals surface area (Å²) in [5, 5.41) is 4.47. The van der Waals surface area contributed by atoms with Crippen LogP contribution in [0.15, 0.2) is 123 Å². The highest BCUT2D eigenvalue weighted by atomic mass is 32.2. The maximum Gasteiger partial charge on any atom is 0.279 e. The molecule has 5 rings (SSSR count). The Morgan fingerprint density at radius 2 is 1.40 bits per heavy atom. The fraction of sp³-hybridized carbons (Fsp3) is 0.0800. The summed E-state index contributed by atoms with van der Waals surface area (Å²) in [6.07, 6.45) is 1.67. The van der Waals surface area contributed by atoms with Gasteiger partial charge in [-0.15, -0.1) is 0 Å². The van der Waals surface area contributed by atoms with E-state index in [4.69, 9.17) is 4.42 Å². The molecule has 1 aromatic heterocycles. The molecule has 35 heavy (non-hydrogen) atoms. The van der Waals surface area contributed by atoms with Gasteiger partial charge in [0.05, 0.1) is 27.5 Å². The fourth-order valence-corrected chi connectivity index (χ4v) is 6.43. The van der Waals surface area contributed by atoms with Crippen molar-refractivity contribution in [3.63, 3.8) is 0 Å². The molecule has 0 saturated heterocycles. The Morgan fingerprint density at radius 3 is 2.06 bits per heavy atom. The van der Waals surface area contributed by atoms with Crippen LogP contribution in [-0.2, 0) is 20.0 Å². The van der Waals surface area contributed by atoms with Gasteiger partial charge in [0, 0.05) is 12.0 Å². The van der Waals surface area contributed by atoms with E-state index in [1.807, 2.05) is 0 Å². The van der Waals surface area contributed by atoms with E-state index in [2.05, 4.69) is 9.82 Å². The number of sulfonamides is 2. The van der Waals surface area contributed by atoms with Crippen molar-refractivity contribution in [2.75, 3.05) is 4.72 Å². The molecule has 1 aliphatic rings. The second kappa shape index (κ2) is 9.05. The predicted molar refractivity (Wildman–Crippen MR) is 132 cm³/mol. The molecular formula is C25H21N3O5S2. The van der Waals surface area contributed by atoms with E-state index in [0.717, 1.165) is 4.41 Å². The van der Waals surface area contributed by atoms with Crippen LogP contribution in [-0.4, -0.2) is 27.0 Å². The monoisotopic (exact) mass is 507 g/mol. The topological polar surface area (TPSA) is 109 Å². The molecule has 0 unspecified atom stereocenters. The Bertz CT molecular complexity index is 1570. The summed E-state index contributed by atoms with van der Waals surface area (Å²) < 4.78 is 62.1. The van der Waals surface area contributed by atoms with E-state index in [1.54, 1.807) is 72.8 Å². The Kier molecular flexibility index (Phi) is 5.91. The Balaban J connectivity index is 1.56. The van der Waals surface area contributed by atoms with Crippen LogP contribution in [0.3, 0.4) is 0 Å². The standard InChI is InChI=1S/C25H21N3O5S2/c29-34(30,19-10-3-1-4-11-19)27-22-15-8-7-14-21(22)23-18-24(25-16-9-17-33-25)28(26-23)35(31,32)20-12-5-2-6-13-20/h1-17,24,27H,18H2/t24-/m1/s1. The number of furan rings is 1. The van der Waals surface area contributed by atoms with Gasteiger partial charge in [-0.25, -0.2) is 8.42 Å². The first-order chi connectivity index (χ1) is 16.9. The Labute approximate surface area is 203 Å². The van der Waals surface area contributed by atoms with Crippen molar-refractivity contribution in [3.05, 3.63) is 115 Å². The lowest BCUT2D eigenvalue weighted by molar-refractivity contribution is 0.320. The van der Waals surface area contributed by atoms with Gasteiger partial charge in [0.15, 0.2) is 0 Å². The molecule has 10 heteroatoms. The van der Waals surface area contributed by atoms with Crippen LogP contribution in [0.5, 0.6) is 0 Å². The van der Waals surface area contributed by atoms with E-state index in [9.17, 15) is 16.8 Å². The summed E-state index contributed by atoms with van der Waals surface area (Å²) in [4.78, 5) is 0.213. The summed E-state index contributed by atoms with van der Waals surface area (Å²) in [5.74, 6) is 0.436. The van der Waals surface area contributed by atoms with Gasteiger partial charge in [-0.1, -0.05) is 54.6 Å². The van der Waals surface area contributed by atoms with E-state index >= 15 is 0 Å². The highest BCUT2D eigenvalue weighted by Gasteiger charge is 2.39. The highest BCUT2D eigenvalue weighted by Crippen LogP contribution is 2.38. The zero-order valence-electron chi connectivity index (χ0n) is 18.4. The first-order valence-corrected chi connectivity index (χ1v) is 13.7. The molecule has 0 fully saturated rings. The van der Waals surface area contributed by atoms with Crippen LogP contribution in [0.25, 0.3) is 0 Å². The number of anilines is 1. The maximum atomic E-state index is 13.5.